The Hall–Kier alpha value is -0.630. The van der Waals surface area contributed by atoms with Gasteiger partial charge in [0.2, 0.25) is 0 Å². The molecule has 1 aliphatic heterocycles. The Kier molecular flexibility index (Phi) is 4.72. The van der Waals surface area contributed by atoms with Crippen molar-refractivity contribution in [2.45, 2.75) is 13.0 Å². The summed E-state index contributed by atoms with van der Waals surface area (Å²) >= 11 is 0. The number of amides is 1. The van der Waals surface area contributed by atoms with Gasteiger partial charge in [0.15, 0.2) is 0 Å². The molecule has 0 aliphatic carbocycles. The Balaban J connectivity index is 0.00000128. The van der Waals surface area contributed by atoms with Crippen LogP contribution in [0.2, 0.25) is 0 Å². The number of aryl methyl sites for hydroxylation is 1. The number of imidazole rings is 1. The van der Waals surface area contributed by atoms with E-state index in [2.05, 4.69) is 0 Å². The fraction of sp³-hybridized carbons (Fsp3) is 0.600. The van der Waals surface area contributed by atoms with Crippen LogP contribution in [-0.4, -0.2) is 41.3 Å². The van der Waals surface area contributed by atoms with Gasteiger partial charge >= 0.3 is 6.03 Å². The lowest BCUT2D eigenvalue weighted by Gasteiger charge is -2.31. The Bertz CT molecular complexity index is 367. The van der Waals surface area contributed by atoms with Crippen LogP contribution in [0, 0.1) is 0 Å². The number of halogens is 1. The van der Waals surface area contributed by atoms with E-state index in [1.54, 1.807) is 17.1 Å². The van der Waals surface area contributed by atoms with Gasteiger partial charge in [0, 0.05) is 6.54 Å². The van der Waals surface area contributed by atoms with Crippen molar-refractivity contribution >= 4 is 6.03 Å². The van der Waals surface area contributed by atoms with Crippen LogP contribution in [0.25, 0.3) is 0 Å². The molecule has 5 nitrogen and oxygen atoms in total. The molecule has 1 atom stereocenters. The van der Waals surface area contributed by atoms with E-state index in [4.69, 9.17) is 4.74 Å². The molecule has 90 valence electrons. The molecular weight excluding hydrogens is 321 g/mol. The first-order chi connectivity index (χ1) is 7.18. The predicted octanol–water partition coefficient (Wildman–Crippen LogP) is -2.99. The summed E-state index contributed by atoms with van der Waals surface area (Å²) in [4.78, 5) is 13.9. The quantitative estimate of drug-likeness (QED) is 0.374. The van der Waals surface area contributed by atoms with Gasteiger partial charge in [-0.05, 0) is 6.92 Å². The van der Waals surface area contributed by atoms with Crippen LogP contribution in [0.4, 0.5) is 4.79 Å². The maximum absolute atomic E-state index is 12.0. The van der Waals surface area contributed by atoms with Crippen LogP contribution in [0.15, 0.2) is 18.7 Å². The molecule has 1 unspecified atom stereocenters. The summed E-state index contributed by atoms with van der Waals surface area (Å²) in [5, 5.41) is 0. The third-order valence-corrected chi connectivity index (χ3v) is 2.60. The lowest BCUT2D eigenvalue weighted by atomic mass is 10.3. The third-order valence-electron chi connectivity index (χ3n) is 2.60. The highest BCUT2D eigenvalue weighted by Gasteiger charge is 2.27. The van der Waals surface area contributed by atoms with Crippen molar-refractivity contribution in [3.63, 3.8) is 0 Å². The van der Waals surface area contributed by atoms with Crippen LogP contribution in [-0.2, 0) is 11.8 Å². The van der Waals surface area contributed by atoms with E-state index in [9.17, 15) is 4.79 Å². The van der Waals surface area contributed by atoms with Crippen LogP contribution in [0.3, 0.4) is 0 Å². The van der Waals surface area contributed by atoms with Gasteiger partial charge in [-0.3, -0.25) is 4.90 Å². The molecule has 0 aromatic carbocycles. The predicted molar refractivity (Wildman–Crippen MR) is 53.4 cm³/mol. The molecule has 1 aromatic heterocycles. The Labute approximate surface area is 112 Å². The molecule has 2 rings (SSSR count). The lowest BCUT2D eigenvalue weighted by molar-refractivity contribution is -0.670. The summed E-state index contributed by atoms with van der Waals surface area (Å²) in [6.07, 6.45) is 5.39. The molecule has 1 amide bonds. The van der Waals surface area contributed by atoms with Gasteiger partial charge < -0.3 is 28.7 Å². The molecule has 0 spiro atoms. The van der Waals surface area contributed by atoms with E-state index >= 15 is 0 Å². The molecule has 1 saturated heterocycles. The maximum atomic E-state index is 12.0. The van der Waals surface area contributed by atoms with E-state index in [1.807, 2.05) is 29.6 Å². The molecule has 0 bridgehead atoms. The highest BCUT2D eigenvalue weighted by Crippen LogP contribution is 2.07. The summed E-state index contributed by atoms with van der Waals surface area (Å²) in [6, 6.07) is 0.172. The van der Waals surface area contributed by atoms with Gasteiger partial charge in [-0.15, -0.1) is 0 Å². The second-order valence-electron chi connectivity index (χ2n) is 3.89. The van der Waals surface area contributed by atoms with Crippen molar-refractivity contribution in [3.05, 3.63) is 18.7 Å². The Morgan fingerprint density at radius 1 is 1.56 bits per heavy atom. The van der Waals surface area contributed by atoms with Gasteiger partial charge in [0.25, 0.3) is 6.33 Å². The number of nitrogens with zero attached hydrogens (tertiary/aromatic N) is 3. The monoisotopic (exact) mass is 337 g/mol. The number of morpholine rings is 1. The SMILES string of the molecule is CC1COCCN1C(=O)n1cc[n+](C)c1.[I-]. The number of ether oxygens (including phenoxy) is 1. The van der Waals surface area contributed by atoms with E-state index in [-0.39, 0.29) is 36.0 Å². The van der Waals surface area contributed by atoms with Crippen LogP contribution in [0.5, 0.6) is 0 Å². The summed E-state index contributed by atoms with van der Waals surface area (Å²) in [5.41, 5.74) is 0. The highest BCUT2D eigenvalue weighted by atomic mass is 127. The van der Waals surface area contributed by atoms with Crippen molar-refractivity contribution in [2.24, 2.45) is 7.05 Å². The zero-order chi connectivity index (χ0) is 10.8. The van der Waals surface area contributed by atoms with Gasteiger partial charge in [0.1, 0.15) is 12.4 Å². The first-order valence-corrected chi connectivity index (χ1v) is 5.10. The molecule has 1 aliphatic rings. The maximum Gasteiger partial charge on any atom is 0.416 e. The first-order valence-electron chi connectivity index (χ1n) is 5.10. The fourth-order valence-corrected chi connectivity index (χ4v) is 1.72. The average molecular weight is 337 g/mol. The van der Waals surface area contributed by atoms with Crippen LogP contribution >= 0.6 is 0 Å². The molecule has 1 fully saturated rings. The second-order valence-corrected chi connectivity index (χ2v) is 3.89. The fourth-order valence-electron chi connectivity index (χ4n) is 1.72. The summed E-state index contributed by atoms with van der Waals surface area (Å²) in [7, 11) is 1.90. The second kappa shape index (κ2) is 5.62. The summed E-state index contributed by atoms with van der Waals surface area (Å²) in [6.45, 7) is 3.92. The number of carbonyl (C=O) groups is 1. The van der Waals surface area contributed by atoms with Crippen LogP contribution in [0.1, 0.15) is 6.92 Å². The van der Waals surface area contributed by atoms with Gasteiger partial charge in [-0.2, -0.15) is 4.57 Å². The number of rotatable bonds is 0. The smallest absolute Gasteiger partial charge is 0.416 e. The molecule has 16 heavy (non-hydrogen) atoms. The van der Waals surface area contributed by atoms with Crippen molar-refractivity contribution in [3.8, 4) is 0 Å². The minimum absolute atomic E-state index is 0. The molecule has 0 saturated carbocycles. The zero-order valence-electron chi connectivity index (χ0n) is 9.47. The Morgan fingerprint density at radius 3 is 2.88 bits per heavy atom. The van der Waals surface area contributed by atoms with E-state index in [1.165, 1.54) is 0 Å². The number of hydrogen-bond acceptors (Lipinski definition) is 2. The van der Waals surface area contributed by atoms with Crippen LogP contribution < -0.4 is 28.5 Å². The highest BCUT2D eigenvalue weighted by molar-refractivity contribution is 5.76. The standard InChI is InChI=1S/C10H16N3O2.HI/c1-9-7-15-6-5-13(9)10(14)12-4-3-11(2)8-12;/h3-4,8-9H,5-7H2,1-2H3;1H/q+1;/p-1. The first kappa shape index (κ1) is 13.4. The van der Waals surface area contributed by atoms with E-state index in [0.717, 1.165) is 0 Å². The zero-order valence-corrected chi connectivity index (χ0v) is 11.6. The van der Waals surface area contributed by atoms with Gasteiger partial charge in [-0.25, -0.2) is 9.36 Å². The number of aromatic nitrogens is 2. The topological polar surface area (TPSA) is 38.4 Å². The van der Waals surface area contributed by atoms with E-state index < -0.39 is 0 Å². The van der Waals surface area contributed by atoms with E-state index in [0.29, 0.717) is 19.8 Å². The molecule has 0 radical (unpaired) electrons. The molecular formula is C10H16IN3O2. The summed E-state index contributed by atoms with van der Waals surface area (Å²) < 4.78 is 8.74. The van der Waals surface area contributed by atoms with Crippen molar-refractivity contribution in [1.29, 1.82) is 0 Å². The van der Waals surface area contributed by atoms with Crippen molar-refractivity contribution < 1.29 is 38.1 Å². The number of hydrogen-bond donors (Lipinski definition) is 0. The normalized spacial score (nSPS) is 20.4. The lowest BCUT2D eigenvalue weighted by Crippen LogP contribution is -3.00. The van der Waals surface area contributed by atoms with Gasteiger partial charge in [0.05, 0.1) is 26.3 Å². The third kappa shape index (κ3) is 2.73. The van der Waals surface area contributed by atoms with Crippen molar-refractivity contribution in [2.75, 3.05) is 19.8 Å². The minimum Gasteiger partial charge on any atom is -1.00 e. The summed E-state index contributed by atoms with van der Waals surface area (Å²) in [5.74, 6) is 0. The largest absolute Gasteiger partial charge is 1.00 e. The Morgan fingerprint density at radius 2 is 2.31 bits per heavy atom. The number of carbonyl (C=O) groups excluding carboxylic acids is 1. The minimum atomic E-state index is 0. The van der Waals surface area contributed by atoms with Gasteiger partial charge in [-0.1, -0.05) is 0 Å². The molecule has 6 heteroatoms. The molecule has 1 aromatic rings. The molecule has 2 heterocycles. The molecule has 0 N–H and O–H groups in total. The average Bonchev–Trinajstić information content (AvgIpc) is 2.65. The van der Waals surface area contributed by atoms with Crippen molar-refractivity contribution in [1.82, 2.24) is 9.47 Å².